The van der Waals surface area contributed by atoms with Gasteiger partial charge in [0.1, 0.15) is 0 Å². The van der Waals surface area contributed by atoms with Crippen LogP contribution in [0.3, 0.4) is 0 Å². The highest BCUT2D eigenvalue weighted by atomic mass is 35.5. The highest BCUT2D eigenvalue weighted by Gasteiger charge is 2.36. The Bertz CT molecular complexity index is 739. The number of benzene rings is 2. The van der Waals surface area contributed by atoms with Gasteiger partial charge in [0.2, 0.25) is 0 Å². The zero-order valence-corrected chi connectivity index (χ0v) is 14.4. The maximum absolute atomic E-state index is 6.19. The standard InChI is InChI=1S/C20H19Cl2N/c21-19-9-6-15(12-20(19)22)16-10-17-7-8-18(11-16)23(17)13-14-4-2-1-3-5-14/h1-6,9-10,12,17-18H,7-8,11,13H2. The Labute approximate surface area is 147 Å². The Kier molecular flexibility index (Phi) is 4.19. The van der Waals surface area contributed by atoms with E-state index >= 15 is 0 Å². The van der Waals surface area contributed by atoms with E-state index in [9.17, 15) is 0 Å². The number of fused-ring (bicyclic) bond motifs is 2. The van der Waals surface area contributed by atoms with Crippen LogP contribution in [0.2, 0.25) is 10.0 Å². The monoisotopic (exact) mass is 343 g/mol. The number of halogens is 2. The second kappa shape index (κ2) is 6.32. The van der Waals surface area contributed by atoms with Crippen molar-refractivity contribution in [3.05, 3.63) is 75.8 Å². The number of nitrogens with zero attached hydrogens (tertiary/aromatic N) is 1. The van der Waals surface area contributed by atoms with Crippen LogP contribution in [0.5, 0.6) is 0 Å². The van der Waals surface area contributed by atoms with Gasteiger partial charge >= 0.3 is 0 Å². The molecular weight excluding hydrogens is 325 g/mol. The first-order valence-electron chi connectivity index (χ1n) is 8.16. The molecule has 2 heterocycles. The molecule has 0 aliphatic carbocycles. The zero-order chi connectivity index (χ0) is 15.8. The largest absolute Gasteiger partial charge is 0.289 e. The van der Waals surface area contributed by atoms with E-state index in [1.165, 1.54) is 29.5 Å². The van der Waals surface area contributed by atoms with Crippen LogP contribution in [0.1, 0.15) is 30.4 Å². The molecule has 0 radical (unpaired) electrons. The van der Waals surface area contributed by atoms with Crippen LogP contribution in [0, 0.1) is 0 Å². The molecule has 0 amide bonds. The van der Waals surface area contributed by atoms with Crippen molar-refractivity contribution in [3.63, 3.8) is 0 Å². The lowest BCUT2D eigenvalue weighted by Crippen LogP contribution is -2.37. The molecule has 4 rings (SSSR count). The van der Waals surface area contributed by atoms with E-state index in [2.05, 4.69) is 47.4 Å². The van der Waals surface area contributed by atoms with Crippen LogP contribution in [0.4, 0.5) is 0 Å². The first-order valence-corrected chi connectivity index (χ1v) is 8.92. The average Bonchev–Trinajstić information content (AvgIpc) is 2.80. The lowest BCUT2D eigenvalue weighted by atomic mass is 9.94. The summed E-state index contributed by atoms with van der Waals surface area (Å²) < 4.78 is 0. The number of hydrogen-bond acceptors (Lipinski definition) is 1. The average molecular weight is 344 g/mol. The van der Waals surface area contributed by atoms with Gasteiger partial charge in [0.05, 0.1) is 10.0 Å². The molecule has 2 aliphatic heterocycles. The molecular formula is C20H19Cl2N. The van der Waals surface area contributed by atoms with Gasteiger partial charge in [-0.25, -0.2) is 0 Å². The quantitative estimate of drug-likeness (QED) is 0.679. The first-order chi connectivity index (χ1) is 11.2. The predicted octanol–water partition coefficient (Wildman–Crippen LogP) is 5.81. The van der Waals surface area contributed by atoms with E-state index in [-0.39, 0.29) is 0 Å². The van der Waals surface area contributed by atoms with Gasteiger partial charge in [-0.1, -0.05) is 65.7 Å². The molecule has 23 heavy (non-hydrogen) atoms. The van der Waals surface area contributed by atoms with Crippen molar-refractivity contribution in [2.75, 3.05) is 0 Å². The second-order valence-corrected chi connectivity index (χ2v) is 7.30. The normalized spacial score (nSPS) is 23.8. The third kappa shape index (κ3) is 3.06. The van der Waals surface area contributed by atoms with Gasteiger partial charge in [-0.3, -0.25) is 4.90 Å². The number of hydrogen-bond donors (Lipinski definition) is 0. The van der Waals surface area contributed by atoms with E-state index in [4.69, 9.17) is 23.2 Å². The fourth-order valence-electron chi connectivity index (χ4n) is 3.87. The Morgan fingerprint density at radius 2 is 1.78 bits per heavy atom. The summed E-state index contributed by atoms with van der Waals surface area (Å²) in [5, 5.41) is 1.27. The Hall–Kier alpha value is -1.28. The maximum atomic E-state index is 6.19. The van der Waals surface area contributed by atoms with Gasteiger partial charge in [0, 0.05) is 18.6 Å². The molecule has 2 unspecified atom stereocenters. The van der Waals surface area contributed by atoms with Crippen LogP contribution < -0.4 is 0 Å². The smallest absolute Gasteiger partial charge is 0.0598 e. The van der Waals surface area contributed by atoms with E-state index in [1.807, 2.05) is 12.1 Å². The van der Waals surface area contributed by atoms with E-state index in [0.29, 0.717) is 22.1 Å². The second-order valence-electron chi connectivity index (χ2n) is 6.48. The molecule has 1 nitrogen and oxygen atoms in total. The summed E-state index contributed by atoms with van der Waals surface area (Å²) >= 11 is 12.2. The fraction of sp³-hybridized carbons (Fsp3) is 0.300. The topological polar surface area (TPSA) is 3.24 Å². The molecule has 2 atom stereocenters. The number of rotatable bonds is 3. The zero-order valence-electron chi connectivity index (χ0n) is 12.9. The van der Waals surface area contributed by atoms with E-state index in [0.717, 1.165) is 13.0 Å². The van der Waals surface area contributed by atoms with E-state index in [1.54, 1.807) is 0 Å². The summed E-state index contributed by atoms with van der Waals surface area (Å²) in [7, 11) is 0. The van der Waals surface area contributed by atoms with Crippen molar-refractivity contribution in [2.24, 2.45) is 0 Å². The summed E-state index contributed by atoms with van der Waals surface area (Å²) in [6.45, 7) is 1.04. The Morgan fingerprint density at radius 1 is 0.957 bits per heavy atom. The van der Waals surface area contributed by atoms with Crippen LogP contribution in [-0.4, -0.2) is 17.0 Å². The molecule has 0 spiro atoms. The molecule has 2 bridgehead atoms. The van der Waals surface area contributed by atoms with Crippen molar-refractivity contribution in [1.82, 2.24) is 4.90 Å². The molecule has 1 fully saturated rings. The van der Waals surface area contributed by atoms with Crippen LogP contribution in [0.15, 0.2) is 54.6 Å². The third-order valence-electron chi connectivity index (χ3n) is 5.04. The summed E-state index contributed by atoms with van der Waals surface area (Å²) in [5.41, 5.74) is 4.03. The maximum Gasteiger partial charge on any atom is 0.0598 e. The van der Waals surface area contributed by atoms with E-state index < -0.39 is 0 Å². The molecule has 2 aromatic rings. The molecule has 3 heteroatoms. The SMILES string of the molecule is Clc1ccc(C2=CC3CCC(C2)N3Cc2ccccc2)cc1Cl. The minimum Gasteiger partial charge on any atom is -0.289 e. The fourth-order valence-corrected chi connectivity index (χ4v) is 4.17. The van der Waals surface area contributed by atoms with Gasteiger partial charge < -0.3 is 0 Å². The Balaban J connectivity index is 1.58. The molecule has 1 saturated heterocycles. The van der Waals surface area contributed by atoms with Gasteiger partial charge in [-0.2, -0.15) is 0 Å². The Morgan fingerprint density at radius 3 is 2.52 bits per heavy atom. The van der Waals surface area contributed by atoms with Gasteiger partial charge in [-0.05, 0) is 48.1 Å². The molecule has 0 saturated carbocycles. The van der Waals surface area contributed by atoms with Crippen LogP contribution in [-0.2, 0) is 6.54 Å². The van der Waals surface area contributed by atoms with Gasteiger partial charge in [-0.15, -0.1) is 0 Å². The summed E-state index contributed by atoms with van der Waals surface area (Å²) in [6.07, 6.45) is 6.06. The lowest BCUT2D eigenvalue weighted by Gasteiger charge is -2.34. The lowest BCUT2D eigenvalue weighted by molar-refractivity contribution is 0.203. The molecule has 118 valence electrons. The van der Waals surface area contributed by atoms with Crippen molar-refractivity contribution in [1.29, 1.82) is 0 Å². The van der Waals surface area contributed by atoms with Crippen LogP contribution >= 0.6 is 23.2 Å². The van der Waals surface area contributed by atoms with Crippen molar-refractivity contribution in [3.8, 4) is 0 Å². The minimum absolute atomic E-state index is 0.540. The summed E-state index contributed by atoms with van der Waals surface area (Å²) in [4.78, 5) is 2.65. The first kappa shape index (κ1) is 15.3. The highest BCUT2D eigenvalue weighted by Crippen LogP contribution is 2.40. The summed E-state index contributed by atoms with van der Waals surface area (Å²) in [6, 6.07) is 17.9. The summed E-state index contributed by atoms with van der Waals surface area (Å²) in [5.74, 6) is 0. The van der Waals surface area contributed by atoms with Crippen molar-refractivity contribution in [2.45, 2.75) is 37.9 Å². The minimum atomic E-state index is 0.540. The van der Waals surface area contributed by atoms with Gasteiger partial charge in [0.15, 0.2) is 0 Å². The van der Waals surface area contributed by atoms with Crippen molar-refractivity contribution >= 4 is 28.8 Å². The highest BCUT2D eigenvalue weighted by molar-refractivity contribution is 6.42. The molecule has 0 aromatic heterocycles. The molecule has 2 aromatic carbocycles. The van der Waals surface area contributed by atoms with Gasteiger partial charge in [0.25, 0.3) is 0 Å². The molecule has 2 aliphatic rings. The predicted molar refractivity (Wildman–Crippen MR) is 97.9 cm³/mol. The van der Waals surface area contributed by atoms with Crippen LogP contribution in [0.25, 0.3) is 5.57 Å². The van der Waals surface area contributed by atoms with Crippen molar-refractivity contribution < 1.29 is 0 Å². The third-order valence-corrected chi connectivity index (χ3v) is 5.78. The molecule has 0 N–H and O–H groups in total.